The van der Waals surface area contributed by atoms with E-state index in [1.807, 2.05) is 0 Å². The highest BCUT2D eigenvalue weighted by atomic mass is 19.4. The van der Waals surface area contributed by atoms with Crippen LogP contribution in [0.1, 0.15) is 51.1 Å². The third-order valence-electron chi connectivity index (χ3n) is 4.03. The number of aromatic nitrogens is 1. The number of rotatable bonds is 4. The fraction of sp³-hybridized carbons (Fsp3) is 0.667. The molecule has 1 saturated carbocycles. The zero-order valence-electron chi connectivity index (χ0n) is 11.7. The van der Waals surface area contributed by atoms with Crippen molar-refractivity contribution in [1.29, 1.82) is 0 Å². The molecule has 1 aromatic rings. The molecule has 1 aliphatic rings. The molecule has 1 aromatic heterocycles. The Morgan fingerprint density at radius 2 is 1.95 bits per heavy atom. The molecule has 112 valence electrons. The standard InChI is InChI=1S/C15H21F3N2/c1-2-12(11-7-4-3-5-8-11)19-14-10-6-9-13(20-14)15(16,17)18/h6,9-12H,2-5,7-8H2,1H3,(H,19,20). The first kappa shape index (κ1) is 15.1. The lowest BCUT2D eigenvalue weighted by Crippen LogP contribution is -2.30. The number of nitrogens with zero attached hydrogens (tertiary/aromatic N) is 1. The smallest absolute Gasteiger partial charge is 0.367 e. The van der Waals surface area contributed by atoms with Crippen LogP contribution >= 0.6 is 0 Å². The van der Waals surface area contributed by atoms with Gasteiger partial charge in [0.15, 0.2) is 0 Å². The molecule has 2 nitrogen and oxygen atoms in total. The Labute approximate surface area is 117 Å². The Morgan fingerprint density at radius 1 is 1.25 bits per heavy atom. The molecular formula is C15H21F3N2. The Balaban J connectivity index is 2.07. The molecule has 2 rings (SSSR count). The number of anilines is 1. The second kappa shape index (κ2) is 6.46. The highest BCUT2D eigenvalue weighted by molar-refractivity contribution is 5.37. The van der Waals surface area contributed by atoms with Gasteiger partial charge in [-0.1, -0.05) is 32.3 Å². The Bertz CT molecular complexity index is 425. The molecule has 20 heavy (non-hydrogen) atoms. The number of nitrogens with one attached hydrogen (secondary N) is 1. The highest BCUT2D eigenvalue weighted by Crippen LogP contribution is 2.31. The normalized spacial score (nSPS) is 18.8. The fourth-order valence-electron chi connectivity index (χ4n) is 2.95. The monoisotopic (exact) mass is 286 g/mol. The second-order valence-electron chi connectivity index (χ2n) is 5.46. The van der Waals surface area contributed by atoms with Crippen molar-refractivity contribution in [1.82, 2.24) is 4.98 Å². The third kappa shape index (κ3) is 3.87. The predicted molar refractivity (Wildman–Crippen MR) is 73.5 cm³/mol. The van der Waals surface area contributed by atoms with Crippen molar-refractivity contribution < 1.29 is 13.2 Å². The summed E-state index contributed by atoms with van der Waals surface area (Å²) < 4.78 is 38.0. The van der Waals surface area contributed by atoms with Gasteiger partial charge < -0.3 is 5.32 Å². The second-order valence-corrected chi connectivity index (χ2v) is 5.46. The first-order chi connectivity index (χ1) is 9.50. The lowest BCUT2D eigenvalue weighted by Gasteiger charge is -2.30. The summed E-state index contributed by atoms with van der Waals surface area (Å²) in [6, 6.07) is 4.24. The fourth-order valence-corrected chi connectivity index (χ4v) is 2.95. The summed E-state index contributed by atoms with van der Waals surface area (Å²) in [4.78, 5) is 3.69. The van der Waals surface area contributed by atoms with Crippen LogP contribution in [-0.4, -0.2) is 11.0 Å². The molecule has 0 amide bonds. The average molecular weight is 286 g/mol. The van der Waals surface area contributed by atoms with E-state index in [0.29, 0.717) is 11.7 Å². The van der Waals surface area contributed by atoms with Gasteiger partial charge in [-0.05, 0) is 37.3 Å². The maximum Gasteiger partial charge on any atom is 0.433 e. The summed E-state index contributed by atoms with van der Waals surface area (Å²) in [6.45, 7) is 2.07. The molecule has 0 spiro atoms. The van der Waals surface area contributed by atoms with Crippen LogP contribution in [0, 0.1) is 5.92 Å². The first-order valence-electron chi connectivity index (χ1n) is 7.31. The molecule has 0 aliphatic heterocycles. The van der Waals surface area contributed by atoms with E-state index in [0.717, 1.165) is 25.3 Å². The van der Waals surface area contributed by atoms with Crippen molar-refractivity contribution in [2.24, 2.45) is 5.92 Å². The highest BCUT2D eigenvalue weighted by Gasteiger charge is 2.32. The molecule has 1 N–H and O–H groups in total. The molecular weight excluding hydrogens is 265 g/mol. The molecule has 0 saturated heterocycles. The number of pyridine rings is 1. The summed E-state index contributed by atoms with van der Waals surface area (Å²) in [7, 11) is 0. The van der Waals surface area contributed by atoms with Gasteiger partial charge in [-0.25, -0.2) is 4.98 Å². The maximum absolute atomic E-state index is 12.7. The third-order valence-corrected chi connectivity index (χ3v) is 4.03. The topological polar surface area (TPSA) is 24.9 Å². The quantitative estimate of drug-likeness (QED) is 0.854. The molecule has 1 fully saturated rings. The van der Waals surface area contributed by atoms with Crippen molar-refractivity contribution in [2.45, 2.75) is 57.7 Å². The zero-order valence-corrected chi connectivity index (χ0v) is 11.7. The number of hydrogen-bond acceptors (Lipinski definition) is 2. The lowest BCUT2D eigenvalue weighted by molar-refractivity contribution is -0.141. The molecule has 0 bridgehead atoms. The molecule has 1 aliphatic carbocycles. The minimum absolute atomic E-state index is 0.214. The lowest BCUT2D eigenvalue weighted by atomic mass is 9.83. The summed E-state index contributed by atoms with van der Waals surface area (Å²) in [6.07, 6.45) is 2.55. The summed E-state index contributed by atoms with van der Waals surface area (Å²) in [5.74, 6) is 0.877. The Hall–Kier alpha value is -1.26. The van der Waals surface area contributed by atoms with E-state index in [-0.39, 0.29) is 6.04 Å². The van der Waals surface area contributed by atoms with Crippen LogP contribution in [-0.2, 0) is 6.18 Å². The van der Waals surface area contributed by atoms with Gasteiger partial charge >= 0.3 is 6.18 Å². The van der Waals surface area contributed by atoms with Crippen molar-refractivity contribution >= 4 is 5.82 Å². The van der Waals surface area contributed by atoms with Gasteiger partial charge in [0.1, 0.15) is 11.5 Å². The largest absolute Gasteiger partial charge is 0.433 e. The summed E-state index contributed by atoms with van der Waals surface area (Å²) in [5, 5.41) is 3.20. The van der Waals surface area contributed by atoms with Crippen molar-refractivity contribution in [3.8, 4) is 0 Å². The van der Waals surface area contributed by atoms with E-state index in [1.54, 1.807) is 6.07 Å². The van der Waals surface area contributed by atoms with Crippen molar-refractivity contribution in [3.05, 3.63) is 23.9 Å². The van der Waals surface area contributed by atoms with Crippen LogP contribution in [0.5, 0.6) is 0 Å². The van der Waals surface area contributed by atoms with Crippen molar-refractivity contribution in [3.63, 3.8) is 0 Å². The number of halogens is 3. The van der Waals surface area contributed by atoms with Gasteiger partial charge in [0, 0.05) is 6.04 Å². The van der Waals surface area contributed by atoms with E-state index in [2.05, 4.69) is 17.2 Å². The van der Waals surface area contributed by atoms with Crippen LogP contribution in [0.2, 0.25) is 0 Å². The minimum atomic E-state index is -4.38. The van der Waals surface area contributed by atoms with E-state index in [4.69, 9.17) is 0 Å². The molecule has 0 radical (unpaired) electrons. The average Bonchev–Trinajstić information content (AvgIpc) is 2.45. The Kier molecular flexibility index (Phi) is 4.89. The van der Waals surface area contributed by atoms with E-state index >= 15 is 0 Å². The first-order valence-corrected chi connectivity index (χ1v) is 7.31. The summed E-state index contributed by atoms with van der Waals surface area (Å²) >= 11 is 0. The summed E-state index contributed by atoms with van der Waals surface area (Å²) in [5.41, 5.74) is -0.832. The SMILES string of the molecule is CCC(Nc1cccc(C(F)(F)F)n1)C1CCCCC1. The van der Waals surface area contributed by atoms with Crippen molar-refractivity contribution in [2.75, 3.05) is 5.32 Å². The van der Waals surface area contributed by atoms with E-state index in [1.165, 1.54) is 25.3 Å². The predicted octanol–water partition coefficient (Wildman–Crippen LogP) is 4.87. The van der Waals surface area contributed by atoms with E-state index < -0.39 is 11.9 Å². The van der Waals surface area contributed by atoms with Gasteiger partial charge in [0.2, 0.25) is 0 Å². The van der Waals surface area contributed by atoms with Crippen LogP contribution < -0.4 is 5.32 Å². The van der Waals surface area contributed by atoms with Gasteiger partial charge in [0.05, 0.1) is 0 Å². The zero-order chi connectivity index (χ0) is 14.6. The molecule has 5 heteroatoms. The molecule has 1 atom stereocenters. The van der Waals surface area contributed by atoms with Gasteiger partial charge in [-0.3, -0.25) is 0 Å². The molecule has 1 unspecified atom stereocenters. The van der Waals surface area contributed by atoms with Crippen LogP contribution in [0.25, 0.3) is 0 Å². The maximum atomic E-state index is 12.7. The molecule has 1 heterocycles. The minimum Gasteiger partial charge on any atom is -0.367 e. The number of alkyl halides is 3. The van der Waals surface area contributed by atoms with E-state index in [9.17, 15) is 13.2 Å². The van der Waals surface area contributed by atoms with Gasteiger partial charge in [0.25, 0.3) is 0 Å². The van der Waals surface area contributed by atoms with Crippen LogP contribution in [0.15, 0.2) is 18.2 Å². The van der Waals surface area contributed by atoms with Crippen LogP contribution in [0.4, 0.5) is 19.0 Å². The van der Waals surface area contributed by atoms with Gasteiger partial charge in [-0.15, -0.1) is 0 Å². The Morgan fingerprint density at radius 3 is 2.55 bits per heavy atom. The van der Waals surface area contributed by atoms with Crippen LogP contribution in [0.3, 0.4) is 0 Å². The van der Waals surface area contributed by atoms with Gasteiger partial charge in [-0.2, -0.15) is 13.2 Å². The molecule has 0 aromatic carbocycles. The number of hydrogen-bond donors (Lipinski definition) is 1.